The molecule has 0 amide bonds. The van der Waals surface area contributed by atoms with Crippen LogP contribution in [0.1, 0.15) is 12.0 Å². The molecule has 0 heterocycles. The maximum Gasteiger partial charge on any atom is 0.0388 e. The maximum absolute atomic E-state index is 6.04. The molecule has 1 nitrogen and oxygen atoms in total. The van der Waals surface area contributed by atoms with Gasteiger partial charge in [-0.05, 0) is 24.9 Å². The average Bonchev–Trinajstić information content (AvgIpc) is 2.06. The molecule has 0 saturated heterocycles. The molecule has 1 rings (SSSR count). The van der Waals surface area contributed by atoms with Crippen LogP contribution in [0.2, 0.25) is 0 Å². The van der Waals surface area contributed by atoms with Gasteiger partial charge in [0, 0.05) is 5.38 Å². The third kappa shape index (κ3) is 3.24. The monoisotopic (exact) mass is 183 g/mol. The molecule has 0 aliphatic carbocycles. The molecule has 0 aliphatic heterocycles. The number of hydrogen-bond donors (Lipinski definition) is 1. The molecule has 0 saturated carbocycles. The minimum atomic E-state index is 0.178. The number of nitrogens with two attached hydrogens (primary N) is 1. The Bertz CT molecular complexity index is 210. The van der Waals surface area contributed by atoms with Crippen LogP contribution in [0.4, 0.5) is 0 Å². The zero-order valence-electron chi connectivity index (χ0n) is 7.04. The molecule has 0 aromatic heterocycles. The van der Waals surface area contributed by atoms with Gasteiger partial charge in [-0.1, -0.05) is 30.3 Å². The number of hydrogen-bond acceptors (Lipinski definition) is 1. The predicted molar refractivity (Wildman–Crippen MR) is 53.5 cm³/mol. The van der Waals surface area contributed by atoms with Gasteiger partial charge in [0.2, 0.25) is 0 Å². The first-order valence-electron chi connectivity index (χ1n) is 4.21. The van der Waals surface area contributed by atoms with Gasteiger partial charge in [-0.3, -0.25) is 0 Å². The minimum Gasteiger partial charge on any atom is -0.330 e. The van der Waals surface area contributed by atoms with Crippen LogP contribution in [-0.4, -0.2) is 11.9 Å². The lowest BCUT2D eigenvalue weighted by atomic mass is 10.1. The molecule has 12 heavy (non-hydrogen) atoms. The quantitative estimate of drug-likeness (QED) is 0.712. The number of benzene rings is 1. The normalized spacial score (nSPS) is 12.8. The molecule has 1 unspecified atom stereocenters. The van der Waals surface area contributed by atoms with E-state index in [0.717, 1.165) is 12.8 Å². The summed E-state index contributed by atoms with van der Waals surface area (Å²) < 4.78 is 0. The van der Waals surface area contributed by atoms with Crippen LogP contribution in [0.5, 0.6) is 0 Å². The summed E-state index contributed by atoms with van der Waals surface area (Å²) in [5, 5.41) is 0.178. The molecule has 0 radical (unpaired) electrons. The maximum atomic E-state index is 6.04. The van der Waals surface area contributed by atoms with E-state index in [1.54, 1.807) is 0 Å². The van der Waals surface area contributed by atoms with Crippen molar-refractivity contribution >= 4 is 11.6 Å². The standard InChI is InChI=1S/C10H14ClN/c11-10(6-7-12)8-9-4-2-1-3-5-9/h1-5,10H,6-8,12H2. The van der Waals surface area contributed by atoms with E-state index in [1.807, 2.05) is 18.2 Å². The van der Waals surface area contributed by atoms with E-state index in [-0.39, 0.29) is 5.38 Å². The Morgan fingerprint density at radius 1 is 1.25 bits per heavy atom. The molecule has 66 valence electrons. The smallest absolute Gasteiger partial charge is 0.0388 e. The fraction of sp³-hybridized carbons (Fsp3) is 0.400. The van der Waals surface area contributed by atoms with E-state index in [2.05, 4.69) is 12.1 Å². The van der Waals surface area contributed by atoms with Gasteiger partial charge in [0.1, 0.15) is 0 Å². The third-order valence-corrected chi connectivity index (χ3v) is 2.15. The number of rotatable bonds is 4. The highest BCUT2D eigenvalue weighted by atomic mass is 35.5. The van der Waals surface area contributed by atoms with Gasteiger partial charge in [-0.2, -0.15) is 0 Å². The van der Waals surface area contributed by atoms with Crippen LogP contribution in [0, 0.1) is 0 Å². The second kappa shape index (κ2) is 5.18. The summed E-state index contributed by atoms with van der Waals surface area (Å²) in [5.41, 5.74) is 6.68. The predicted octanol–water partition coefficient (Wildman–Crippen LogP) is 2.19. The van der Waals surface area contributed by atoms with Crippen LogP contribution in [0.15, 0.2) is 30.3 Å². The zero-order chi connectivity index (χ0) is 8.81. The highest BCUT2D eigenvalue weighted by Crippen LogP contribution is 2.09. The molecule has 0 spiro atoms. The first-order chi connectivity index (χ1) is 5.83. The lowest BCUT2D eigenvalue weighted by molar-refractivity contribution is 0.754. The first kappa shape index (κ1) is 9.56. The topological polar surface area (TPSA) is 26.0 Å². The van der Waals surface area contributed by atoms with E-state index in [4.69, 9.17) is 17.3 Å². The van der Waals surface area contributed by atoms with Gasteiger partial charge < -0.3 is 5.73 Å². The van der Waals surface area contributed by atoms with Gasteiger partial charge in [-0.15, -0.1) is 11.6 Å². The summed E-state index contributed by atoms with van der Waals surface area (Å²) in [4.78, 5) is 0. The van der Waals surface area contributed by atoms with Crippen LogP contribution >= 0.6 is 11.6 Å². The molecule has 2 N–H and O–H groups in total. The summed E-state index contributed by atoms with van der Waals surface area (Å²) in [5.74, 6) is 0. The molecular weight excluding hydrogens is 170 g/mol. The van der Waals surface area contributed by atoms with Crippen molar-refractivity contribution in [1.29, 1.82) is 0 Å². The largest absolute Gasteiger partial charge is 0.330 e. The van der Waals surface area contributed by atoms with Gasteiger partial charge in [-0.25, -0.2) is 0 Å². The summed E-state index contributed by atoms with van der Waals surface area (Å²) in [6.07, 6.45) is 1.80. The Morgan fingerprint density at radius 2 is 1.92 bits per heavy atom. The Balaban J connectivity index is 2.41. The summed E-state index contributed by atoms with van der Waals surface area (Å²) in [7, 11) is 0. The Morgan fingerprint density at radius 3 is 2.50 bits per heavy atom. The lowest BCUT2D eigenvalue weighted by Gasteiger charge is -2.06. The van der Waals surface area contributed by atoms with Crippen LogP contribution in [0.3, 0.4) is 0 Å². The van der Waals surface area contributed by atoms with Crippen molar-refractivity contribution in [3.63, 3.8) is 0 Å². The Kier molecular flexibility index (Phi) is 4.12. The summed E-state index contributed by atoms with van der Waals surface area (Å²) in [6, 6.07) is 10.2. The van der Waals surface area contributed by atoms with E-state index < -0.39 is 0 Å². The van der Waals surface area contributed by atoms with Crippen molar-refractivity contribution in [2.24, 2.45) is 5.73 Å². The second-order valence-electron chi connectivity index (χ2n) is 2.86. The second-order valence-corrected chi connectivity index (χ2v) is 3.48. The van der Waals surface area contributed by atoms with E-state index in [1.165, 1.54) is 5.56 Å². The van der Waals surface area contributed by atoms with Crippen LogP contribution in [0.25, 0.3) is 0 Å². The van der Waals surface area contributed by atoms with Crippen molar-refractivity contribution < 1.29 is 0 Å². The van der Waals surface area contributed by atoms with Gasteiger partial charge in [0.15, 0.2) is 0 Å². The zero-order valence-corrected chi connectivity index (χ0v) is 7.80. The van der Waals surface area contributed by atoms with Crippen molar-refractivity contribution in [1.82, 2.24) is 0 Å². The molecule has 0 aliphatic rings. The van der Waals surface area contributed by atoms with Gasteiger partial charge in [0.05, 0.1) is 0 Å². The molecule has 1 aromatic rings. The highest BCUT2D eigenvalue weighted by molar-refractivity contribution is 6.20. The molecule has 1 aromatic carbocycles. The molecule has 2 heteroatoms. The number of halogens is 1. The first-order valence-corrected chi connectivity index (χ1v) is 4.64. The highest BCUT2D eigenvalue weighted by Gasteiger charge is 2.03. The summed E-state index contributed by atoms with van der Waals surface area (Å²) >= 11 is 6.04. The Labute approximate surface area is 78.5 Å². The lowest BCUT2D eigenvalue weighted by Crippen LogP contribution is -2.10. The van der Waals surface area contributed by atoms with Crippen molar-refractivity contribution in [2.45, 2.75) is 18.2 Å². The van der Waals surface area contributed by atoms with Crippen molar-refractivity contribution in [2.75, 3.05) is 6.54 Å². The average molecular weight is 184 g/mol. The number of alkyl halides is 1. The van der Waals surface area contributed by atoms with Gasteiger partial charge >= 0.3 is 0 Å². The fourth-order valence-electron chi connectivity index (χ4n) is 1.15. The van der Waals surface area contributed by atoms with Crippen molar-refractivity contribution in [3.8, 4) is 0 Å². The molecule has 0 fully saturated rings. The fourth-order valence-corrected chi connectivity index (χ4v) is 1.46. The molecule has 1 atom stereocenters. The van der Waals surface area contributed by atoms with Crippen molar-refractivity contribution in [3.05, 3.63) is 35.9 Å². The minimum absolute atomic E-state index is 0.178. The van der Waals surface area contributed by atoms with E-state index in [0.29, 0.717) is 6.54 Å². The third-order valence-electron chi connectivity index (χ3n) is 1.78. The molecule has 0 bridgehead atoms. The van der Waals surface area contributed by atoms with Gasteiger partial charge in [0.25, 0.3) is 0 Å². The van der Waals surface area contributed by atoms with E-state index in [9.17, 15) is 0 Å². The van der Waals surface area contributed by atoms with Crippen LogP contribution < -0.4 is 5.73 Å². The van der Waals surface area contributed by atoms with Crippen LogP contribution in [-0.2, 0) is 6.42 Å². The van der Waals surface area contributed by atoms with E-state index >= 15 is 0 Å². The SMILES string of the molecule is NCCC(Cl)Cc1ccccc1. The molecular formula is C10H14ClN. The summed E-state index contributed by atoms with van der Waals surface area (Å²) in [6.45, 7) is 0.668. The Hall–Kier alpha value is -0.530.